The molecule has 2 heterocycles. The number of sulfonamides is 1. The van der Waals surface area contributed by atoms with Gasteiger partial charge in [0.05, 0.1) is 4.90 Å². The van der Waals surface area contributed by atoms with Crippen molar-refractivity contribution in [3.8, 4) is 0 Å². The molecule has 6 nitrogen and oxygen atoms in total. The van der Waals surface area contributed by atoms with E-state index in [9.17, 15) is 13.2 Å². The quantitative estimate of drug-likeness (QED) is 0.864. The number of piperidine rings is 1. The van der Waals surface area contributed by atoms with Crippen molar-refractivity contribution in [3.05, 3.63) is 40.9 Å². The molecule has 1 aromatic heterocycles. The number of aryl methyl sites for hydroxylation is 1. The number of hydrogen-bond donors (Lipinski definition) is 1. The Morgan fingerprint density at radius 3 is 2.35 bits per heavy atom. The first-order chi connectivity index (χ1) is 12.3. The van der Waals surface area contributed by atoms with E-state index in [2.05, 4.69) is 24.1 Å². The van der Waals surface area contributed by atoms with E-state index >= 15 is 0 Å². The van der Waals surface area contributed by atoms with Gasteiger partial charge in [-0.1, -0.05) is 13.8 Å². The average molecular weight is 394 g/mol. The van der Waals surface area contributed by atoms with Crippen LogP contribution < -0.4 is 5.32 Å². The van der Waals surface area contributed by atoms with Crippen LogP contribution in [0.2, 0.25) is 0 Å². The van der Waals surface area contributed by atoms with E-state index in [1.165, 1.54) is 23.5 Å². The van der Waals surface area contributed by atoms with Gasteiger partial charge < -0.3 is 0 Å². The standard InChI is InChI=1S/C18H23N3O3S2/c1-12-8-13(2)11-21(10-12)26(23,24)16-6-4-15(5-7-16)17(22)20-18-19-9-14(3)25-18/h4-7,9,12-13H,8,10-11H2,1-3H3,(H,19,20,22)/t12-,13-/m0/s1. The zero-order valence-electron chi connectivity index (χ0n) is 15.1. The van der Waals surface area contributed by atoms with Crippen LogP contribution in [0.15, 0.2) is 35.4 Å². The molecule has 0 radical (unpaired) electrons. The van der Waals surface area contributed by atoms with E-state index in [0.29, 0.717) is 35.6 Å². The third-order valence-corrected chi connectivity index (χ3v) is 7.11. The van der Waals surface area contributed by atoms with E-state index < -0.39 is 10.0 Å². The van der Waals surface area contributed by atoms with Crippen molar-refractivity contribution in [2.45, 2.75) is 32.1 Å². The molecular formula is C18H23N3O3S2. The van der Waals surface area contributed by atoms with E-state index in [1.54, 1.807) is 22.6 Å². The normalized spacial score (nSPS) is 21.5. The van der Waals surface area contributed by atoms with Gasteiger partial charge in [0.15, 0.2) is 5.13 Å². The molecule has 1 amide bonds. The minimum Gasteiger partial charge on any atom is -0.298 e. The number of thiazole rings is 1. The lowest BCUT2D eigenvalue weighted by molar-refractivity contribution is 0.102. The minimum absolute atomic E-state index is 0.223. The average Bonchev–Trinajstić information content (AvgIpc) is 2.99. The summed E-state index contributed by atoms with van der Waals surface area (Å²) in [5, 5.41) is 3.25. The third-order valence-electron chi connectivity index (χ3n) is 4.43. The summed E-state index contributed by atoms with van der Waals surface area (Å²) in [6.07, 6.45) is 2.73. The van der Waals surface area contributed by atoms with Crippen LogP contribution in [0.25, 0.3) is 0 Å². The number of anilines is 1. The fourth-order valence-electron chi connectivity index (χ4n) is 3.31. The summed E-state index contributed by atoms with van der Waals surface area (Å²) in [5.74, 6) is 0.393. The van der Waals surface area contributed by atoms with Crippen LogP contribution in [-0.4, -0.2) is 36.7 Å². The summed E-state index contributed by atoms with van der Waals surface area (Å²) >= 11 is 1.39. The molecule has 3 rings (SSSR count). The maximum atomic E-state index is 12.9. The number of carbonyl (C=O) groups is 1. The molecule has 0 spiro atoms. The van der Waals surface area contributed by atoms with Gasteiger partial charge in [0.2, 0.25) is 10.0 Å². The molecule has 1 saturated heterocycles. The predicted molar refractivity (Wildman–Crippen MR) is 103 cm³/mol. The molecule has 2 atom stereocenters. The number of nitrogens with zero attached hydrogens (tertiary/aromatic N) is 2. The SMILES string of the molecule is Cc1cnc(NC(=O)c2ccc(S(=O)(=O)N3C[C@@H](C)C[C@H](C)C3)cc2)s1. The van der Waals surface area contributed by atoms with Crippen molar-refractivity contribution in [2.75, 3.05) is 18.4 Å². The molecule has 0 bridgehead atoms. The summed E-state index contributed by atoms with van der Waals surface area (Å²) in [7, 11) is -3.53. The van der Waals surface area contributed by atoms with Crippen LogP contribution in [0.1, 0.15) is 35.5 Å². The highest BCUT2D eigenvalue weighted by atomic mass is 32.2. The van der Waals surface area contributed by atoms with Gasteiger partial charge in [-0.05, 0) is 49.4 Å². The van der Waals surface area contributed by atoms with Crippen LogP contribution in [0, 0.1) is 18.8 Å². The zero-order valence-corrected chi connectivity index (χ0v) is 16.7. The highest BCUT2D eigenvalue weighted by molar-refractivity contribution is 7.89. The molecule has 140 valence electrons. The molecule has 8 heteroatoms. The first-order valence-electron chi connectivity index (χ1n) is 8.59. The largest absolute Gasteiger partial charge is 0.298 e. The fourth-order valence-corrected chi connectivity index (χ4v) is 5.65. The molecule has 0 aliphatic carbocycles. The lowest BCUT2D eigenvalue weighted by Crippen LogP contribution is -2.42. The van der Waals surface area contributed by atoms with Crippen molar-refractivity contribution in [3.63, 3.8) is 0 Å². The van der Waals surface area contributed by atoms with Crippen LogP contribution in [0.4, 0.5) is 5.13 Å². The molecule has 1 N–H and O–H groups in total. The van der Waals surface area contributed by atoms with E-state index in [-0.39, 0.29) is 10.8 Å². The van der Waals surface area contributed by atoms with Crippen LogP contribution in [0.3, 0.4) is 0 Å². The maximum absolute atomic E-state index is 12.9. The Bertz CT molecular complexity index is 881. The number of benzene rings is 1. The highest BCUT2D eigenvalue weighted by Gasteiger charge is 2.31. The first kappa shape index (κ1) is 19.0. The molecule has 1 aromatic carbocycles. The number of rotatable bonds is 4. The number of hydrogen-bond acceptors (Lipinski definition) is 5. The molecule has 0 unspecified atom stereocenters. The summed E-state index contributed by atoms with van der Waals surface area (Å²) in [6.45, 7) is 7.14. The Morgan fingerprint density at radius 2 is 1.81 bits per heavy atom. The maximum Gasteiger partial charge on any atom is 0.257 e. The first-order valence-corrected chi connectivity index (χ1v) is 10.9. The Morgan fingerprint density at radius 1 is 1.19 bits per heavy atom. The Balaban J connectivity index is 1.75. The lowest BCUT2D eigenvalue weighted by Gasteiger charge is -2.34. The summed E-state index contributed by atoms with van der Waals surface area (Å²) in [6, 6.07) is 6.08. The smallest absolute Gasteiger partial charge is 0.257 e. The number of carbonyl (C=O) groups excluding carboxylic acids is 1. The zero-order chi connectivity index (χ0) is 18.9. The van der Waals surface area contributed by atoms with Gasteiger partial charge in [-0.15, -0.1) is 11.3 Å². The highest BCUT2D eigenvalue weighted by Crippen LogP contribution is 2.27. The molecule has 1 fully saturated rings. The second kappa shape index (κ2) is 7.46. The second-order valence-corrected chi connectivity index (χ2v) is 10.2. The van der Waals surface area contributed by atoms with Gasteiger partial charge in [0.25, 0.3) is 5.91 Å². The van der Waals surface area contributed by atoms with E-state index in [0.717, 1.165) is 11.3 Å². The van der Waals surface area contributed by atoms with Gasteiger partial charge in [-0.25, -0.2) is 13.4 Å². The van der Waals surface area contributed by atoms with Gasteiger partial charge in [0, 0.05) is 29.7 Å². The third kappa shape index (κ3) is 4.13. The molecule has 1 aliphatic rings. The van der Waals surface area contributed by atoms with Crippen LogP contribution in [0.5, 0.6) is 0 Å². The number of amides is 1. The van der Waals surface area contributed by atoms with Gasteiger partial charge in [-0.3, -0.25) is 10.1 Å². The minimum atomic E-state index is -3.53. The molecule has 1 aliphatic heterocycles. The monoisotopic (exact) mass is 393 g/mol. The van der Waals surface area contributed by atoms with Crippen molar-refractivity contribution < 1.29 is 13.2 Å². The molecule has 0 saturated carbocycles. The number of nitrogens with one attached hydrogen (secondary N) is 1. The summed E-state index contributed by atoms with van der Waals surface area (Å²) < 4.78 is 27.3. The molecular weight excluding hydrogens is 370 g/mol. The Kier molecular flexibility index (Phi) is 5.45. The second-order valence-electron chi connectivity index (χ2n) is 7.02. The van der Waals surface area contributed by atoms with E-state index in [1.807, 2.05) is 6.92 Å². The van der Waals surface area contributed by atoms with Gasteiger partial charge >= 0.3 is 0 Å². The van der Waals surface area contributed by atoms with E-state index in [4.69, 9.17) is 0 Å². The van der Waals surface area contributed by atoms with Crippen molar-refractivity contribution in [1.82, 2.24) is 9.29 Å². The molecule has 2 aromatic rings. The predicted octanol–water partition coefficient (Wildman–Crippen LogP) is 3.37. The van der Waals surface area contributed by atoms with Crippen molar-refractivity contribution >= 4 is 32.4 Å². The van der Waals surface area contributed by atoms with Crippen molar-refractivity contribution in [1.29, 1.82) is 0 Å². The molecule has 26 heavy (non-hydrogen) atoms. The fraction of sp³-hybridized carbons (Fsp3) is 0.444. The van der Waals surface area contributed by atoms with Crippen LogP contribution >= 0.6 is 11.3 Å². The van der Waals surface area contributed by atoms with Gasteiger partial charge in [0.1, 0.15) is 0 Å². The summed E-state index contributed by atoms with van der Waals surface area (Å²) in [4.78, 5) is 17.6. The number of aromatic nitrogens is 1. The Labute approximate surface area is 158 Å². The lowest BCUT2D eigenvalue weighted by atomic mass is 9.94. The Hall–Kier alpha value is -1.77. The van der Waals surface area contributed by atoms with Crippen molar-refractivity contribution in [2.24, 2.45) is 11.8 Å². The topological polar surface area (TPSA) is 79.4 Å². The van der Waals surface area contributed by atoms with Crippen LogP contribution in [-0.2, 0) is 10.0 Å². The summed E-state index contributed by atoms with van der Waals surface area (Å²) in [5.41, 5.74) is 0.400. The van der Waals surface area contributed by atoms with Gasteiger partial charge in [-0.2, -0.15) is 4.31 Å².